The van der Waals surface area contributed by atoms with Crippen LogP contribution in [0.1, 0.15) is 88.8 Å². The Kier molecular flexibility index (Phi) is 7.99. The topological polar surface area (TPSA) is 87.4 Å². The Hall–Kier alpha value is -4.02. The van der Waals surface area contributed by atoms with Crippen LogP contribution in [0.5, 0.6) is 5.75 Å². The zero-order valence-corrected chi connectivity index (χ0v) is 28.1. The second kappa shape index (κ2) is 11.9. The number of carbonyl (C=O) groups excluding carboxylic acids is 1. The predicted octanol–water partition coefficient (Wildman–Crippen LogP) is 7.53. The molecule has 0 spiro atoms. The second-order valence-corrected chi connectivity index (χ2v) is 14.2. The molecule has 0 N–H and O–H groups in total. The van der Waals surface area contributed by atoms with Gasteiger partial charge in [-0.1, -0.05) is 18.2 Å². The highest BCUT2D eigenvalue weighted by atomic mass is 19.1. The Morgan fingerprint density at radius 2 is 1.85 bits per heavy atom. The fourth-order valence-electron chi connectivity index (χ4n) is 7.23. The molecule has 2 atom stereocenters. The number of halogens is 1. The summed E-state index contributed by atoms with van der Waals surface area (Å²) >= 11 is 0. The fraction of sp³-hybridized carbons (Fsp3) is 0.486. The van der Waals surface area contributed by atoms with Gasteiger partial charge in [-0.25, -0.2) is 14.2 Å². The standard InChI is InChI=1S/C37H43FN4O5/c1-22-31(33(35(43)44-6)47-36(2,3)4)34-41-17-15-37(5,16-18-41)45-19-8-7-12-29-32-24(26-20-23(38)13-14-28(26)46-29)10-9-11-25(32)27-21-30(39-22)42(34)40-27/h9-11,13-14,20-21,29,33H,7-8,12,15-19H2,1-6H3/t29-,33+/m1/s1. The van der Waals surface area contributed by atoms with E-state index in [2.05, 4.69) is 11.8 Å². The number of aromatic nitrogens is 3. The third kappa shape index (κ3) is 5.86. The summed E-state index contributed by atoms with van der Waals surface area (Å²) in [6.07, 6.45) is 2.97. The molecular formula is C37H43FN4O5. The van der Waals surface area contributed by atoms with Crippen LogP contribution < -0.4 is 9.64 Å². The van der Waals surface area contributed by atoms with Crippen LogP contribution in [0.15, 0.2) is 42.5 Å². The lowest BCUT2D eigenvalue weighted by molar-refractivity contribution is -0.164. The fourth-order valence-corrected chi connectivity index (χ4v) is 7.23. The van der Waals surface area contributed by atoms with Crippen molar-refractivity contribution in [1.29, 1.82) is 0 Å². The Bertz CT molecular complexity index is 1840. The van der Waals surface area contributed by atoms with E-state index in [1.165, 1.54) is 13.2 Å². The number of fused-ring (bicyclic) bond motifs is 8. The number of hydrogen-bond donors (Lipinski definition) is 0. The minimum atomic E-state index is -1.01. The van der Waals surface area contributed by atoms with Crippen molar-refractivity contribution < 1.29 is 28.1 Å². The summed E-state index contributed by atoms with van der Waals surface area (Å²) in [7, 11) is 1.38. The molecule has 2 aromatic carbocycles. The Morgan fingerprint density at radius 1 is 1.09 bits per heavy atom. The minimum Gasteiger partial charge on any atom is -0.485 e. The number of piperidine rings is 1. The summed E-state index contributed by atoms with van der Waals surface area (Å²) in [5.74, 6) is 0.635. The van der Waals surface area contributed by atoms with Gasteiger partial charge in [0.25, 0.3) is 0 Å². The molecule has 0 saturated carbocycles. The van der Waals surface area contributed by atoms with Crippen LogP contribution in [-0.2, 0) is 19.0 Å². The molecule has 10 heteroatoms. The van der Waals surface area contributed by atoms with E-state index in [1.807, 2.05) is 56.5 Å². The van der Waals surface area contributed by atoms with Crippen LogP contribution in [0, 0.1) is 12.7 Å². The summed E-state index contributed by atoms with van der Waals surface area (Å²) in [4.78, 5) is 20.7. The summed E-state index contributed by atoms with van der Waals surface area (Å²) < 4.78 is 41.2. The van der Waals surface area contributed by atoms with Crippen LogP contribution in [0.3, 0.4) is 0 Å². The van der Waals surface area contributed by atoms with Crippen molar-refractivity contribution in [3.63, 3.8) is 0 Å². The van der Waals surface area contributed by atoms with Gasteiger partial charge in [-0.05, 0) is 90.5 Å². The van der Waals surface area contributed by atoms with Crippen molar-refractivity contribution in [3.05, 3.63) is 65.1 Å². The third-order valence-corrected chi connectivity index (χ3v) is 9.59. The zero-order valence-electron chi connectivity index (χ0n) is 28.1. The molecule has 2 aromatic heterocycles. The van der Waals surface area contributed by atoms with Gasteiger partial charge in [0, 0.05) is 48.1 Å². The number of carbonyl (C=O) groups is 1. The number of aryl methyl sites for hydroxylation is 1. The van der Waals surface area contributed by atoms with Crippen LogP contribution in [0.25, 0.3) is 28.0 Å². The molecular weight excluding hydrogens is 599 g/mol. The lowest BCUT2D eigenvalue weighted by Crippen LogP contribution is -2.46. The maximum atomic E-state index is 14.5. The Morgan fingerprint density at radius 3 is 2.60 bits per heavy atom. The number of hydrogen-bond acceptors (Lipinski definition) is 8. The van der Waals surface area contributed by atoms with Crippen LogP contribution in [0.4, 0.5) is 10.2 Å². The van der Waals surface area contributed by atoms with Gasteiger partial charge in [0.1, 0.15) is 23.5 Å². The van der Waals surface area contributed by atoms with E-state index < -0.39 is 17.7 Å². The quantitative estimate of drug-likeness (QED) is 0.212. The SMILES string of the molecule is COC(=O)[C@@H](OC(C)(C)C)c1c(C)nc2cc3nn2c1N1CCC(C)(CC1)OCCCC[C@H]1Oc2ccc(F)cc2-c2cccc-3c21. The molecule has 47 heavy (non-hydrogen) atoms. The number of ether oxygens (including phenoxy) is 4. The monoisotopic (exact) mass is 642 g/mol. The maximum Gasteiger partial charge on any atom is 0.339 e. The summed E-state index contributed by atoms with van der Waals surface area (Å²) in [6.45, 7) is 11.9. The highest BCUT2D eigenvalue weighted by Gasteiger charge is 2.39. The van der Waals surface area contributed by atoms with E-state index in [0.29, 0.717) is 42.4 Å². The molecule has 0 radical (unpaired) electrons. The van der Waals surface area contributed by atoms with Gasteiger partial charge < -0.3 is 23.8 Å². The van der Waals surface area contributed by atoms with Gasteiger partial charge in [0.15, 0.2) is 11.8 Å². The number of benzene rings is 2. The lowest BCUT2D eigenvalue weighted by Gasteiger charge is -2.41. The van der Waals surface area contributed by atoms with E-state index in [0.717, 1.165) is 65.9 Å². The van der Waals surface area contributed by atoms with Gasteiger partial charge in [0.05, 0.1) is 29.6 Å². The van der Waals surface area contributed by atoms with Gasteiger partial charge in [-0.3, -0.25) is 0 Å². The molecule has 4 aromatic rings. The van der Waals surface area contributed by atoms with E-state index >= 15 is 0 Å². The Labute approximate surface area is 275 Å². The highest BCUT2D eigenvalue weighted by molar-refractivity contribution is 5.84. The van der Waals surface area contributed by atoms with Crippen molar-refractivity contribution in [2.24, 2.45) is 0 Å². The minimum absolute atomic E-state index is 0.249. The second-order valence-electron chi connectivity index (χ2n) is 14.2. The molecule has 6 heterocycles. The predicted molar refractivity (Wildman–Crippen MR) is 177 cm³/mol. The number of rotatable bonds is 3. The third-order valence-electron chi connectivity index (χ3n) is 9.59. The van der Waals surface area contributed by atoms with Crippen LogP contribution >= 0.6 is 0 Å². The van der Waals surface area contributed by atoms with E-state index in [-0.39, 0.29) is 17.5 Å². The first kappa shape index (κ1) is 31.6. The van der Waals surface area contributed by atoms with Gasteiger partial charge in [-0.15, -0.1) is 0 Å². The Balaban J connectivity index is 1.48. The maximum absolute atomic E-state index is 14.5. The van der Waals surface area contributed by atoms with E-state index in [4.69, 9.17) is 29.0 Å². The van der Waals surface area contributed by atoms with Crippen molar-refractivity contribution in [1.82, 2.24) is 14.6 Å². The first-order chi connectivity index (χ1) is 22.4. The van der Waals surface area contributed by atoms with Gasteiger partial charge in [0.2, 0.25) is 0 Å². The van der Waals surface area contributed by atoms with Gasteiger partial charge in [-0.2, -0.15) is 9.61 Å². The summed E-state index contributed by atoms with van der Waals surface area (Å²) in [5.41, 5.74) is 5.34. The van der Waals surface area contributed by atoms with E-state index in [1.54, 1.807) is 12.1 Å². The highest BCUT2D eigenvalue weighted by Crippen LogP contribution is 2.48. The number of nitrogens with zero attached hydrogens (tertiary/aromatic N) is 4. The summed E-state index contributed by atoms with van der Waals surface area (Å²) in [6, 6.07) is 12.8. The molecule has 0 amide bonds. The van der Waals surface area contributed by atoms with Crippen molar-refractivity contribution >= 4 is 17.4 Å². The molecule has 0 aliphatic carbocycles. The average Bonchev–Trinajstić information content (AvgIpc) is 3.45. The molecule has 4 aliphatic heterocycles. The molecule has 1 saturated heterocycles. The smallest absolute Gasteiger partial charge is 0.339 e. The van der Waals surface area contributed by atoms with Crippen molar-refractivity contribution in [2.75, 3.05) is 31.7 Å². The zero-order chi connectivity index (χ0) is 33.1. The molecule has 0 unspecified atom stereocenters. The molecule has 1 fully saturated rings. The molecule has 4 bridgehead atoms. The first-order valence-corrected chi connectivity index (χ1v) is 16.6. The average molecular weight is 643 g/mol. The van der Waals surface area contributed by atoms with Crippen LogP contribution in [-0.4, -0.2) is 58.6 Å². The van der Waals surface area contributed by atoms with Crippen molar-refractivity contribution in [3.8, 4) is 28.1 Å². The number of methoxy groups -OCH3 is 1. The largest absolute Gasteiger partial charge is 0.485 e. The first-order valence-electron chi connectivity index (χ1n) is 16.6. The number of anilines is 1. The molecule has 8 rings (SSSR count). The van der Waals surface area contributed by atoms with Gasteiger partial charge >= 0.3 is 5.97 Å². The van der Waals surface area contributed by atoms with Crippen molar-refractivity contribution in [2.45, 2.75) is 90.1 Å². The summed E-state index contributed by atoms with van der Waals surface area (Å²) in [5, 5.41) is 5.21. The van der Waals surface area contributed by atoms with E-state index in [9.17, 15) is 9.18 Å². The lowest BCUT2D eigenvalue weighted by atomic mass is 9.86. The molecule has 9 nitrogen and oxygen atoms in total. The number of esters is 1. The van der Waals surface area contributed by atoms with Crippen LogP contribution in [0.2, 0.25) is 0 Å². The molecule has 4 aliphatic rings. The molecule has 248 valence electrons. The normalized spacial score (nSPS) is 21.7.